The minimum Gasteiger partial charge on any atom is -0.345 e. The van der Waals surface area contributed by atoms with Gasteiger partial charge >= 0.3 is 0 Å². The molecule has 7 nitrogen and oxygen atoms in total. The van der Waals surface area contributed by atoms with Crippen LogP contribution in [-0.4, -0.2) is 61.7 Å². The molecule has 1 fully saturated rings. The second kappa shape index (κ2) is 10.0. The molecule has 1 saturated heterocycles. The number of sulfonamides is 1. The largest absolute Gasteiger partial charge is 0.345 e. The quantitative estimate of drug-likeness (QED) is 0.377. The lowest BCUT2D eigenvalue weighted by Crippen LogP contribution is -2.48. The van der Waals surface area contributed by atoms with Gasteiger partial charge < -0.3 is 9.80 Å². The van der Waals surface area contributed by atoms with E-state index in [-0.39, 0.29) is 17.3 Å². The number of nitrogens with zero attached hydrogens (tertiary/aromatic N) is 4. The van der Waals surface area contributed by atoms with E-state index in [4.69, 9.17) is 4.98 Å². The summed E-state index contributed by atoms with van der Waals surface area (Å²) in [4.78, 5) is 22.1. The van der Waals surface area contributed by atoms with E-state index < -0.39 is 10.0 Å². The molecular formula is C27H28N4O3S2. The fourth-order valence-corrected chi connectivity index (χ4v) is 6.59. The minimum atomic E-state index is -3.66. The van der Waals surface area contributed by atoms with Gasteiger partial charge in [-0.3, -0.25) is 4.79 Å². The molecule has 2 heterocycles. The maximum absolute atomic E-state index is 13.1. The Balaban J connectivity index is 1.22. The molecule has 1 aliphatic heterocycles. The van der Waals surface area contributed by atoms with E-state index >= 15 is 0 Å². The van der Waals surface area contributed by atoms with Gasteiger partial charge in [0.2, 0.25) is 10.0 Å². The van der Waals surface area contributed by atoms with Crippen molar-refractivity contribution < 1.29 is 13.2 Å². The second-order valence-corrected chi connectivity index (χ2v) is 12.1. The van der Waals surface area contributed by atoms with Gasteiger partial charge in [0, 0.05) is 45.3 Å². The summed E-state index contributed by atoms with van der Waals surface area (Å²) in [6.07, 6.45) is 0. The maximum Gasteiger partial charge on any atom is 0.253 e. The van der Waals surface area contributed by atoms with Crippen LogP contribution >= 0.6 is 11.3 Å². The standard InChI is InChI=1S/C27H28N4O3S2/c1-20-8-13-24-25(18-20)35-27(28-24)31-16-14-30(15-17-31)26(32)22-9-11-23(12-10-22)36(33,34)29(2)19-21-6-4-3-5-7-21/h3-13,18H,14-17,19H2,1-2H3. The average molecular weight is 521 g/mol. The zero-order valence-corrected chi connectivity index (χ0v) is 21.9. The number of amides is 1. The van der Waals surface area contributed by atoms with Crippen molar-refractivity contribution in [2.75, 3.05) is 38.1 Å². The molecule has 0 saturated carbocycles. The van der Waals surface area contributed by atoms with Crippen LogP contribution < -0.4 is 4.90 Å². The topological polar surface area (TPSA) is 73.8 Å². The fraction of sp³-hybridized carbons (Fsp3) is 0.259. The number of piperazine rings is 1. The third-order valence-electron chi connectivity index (χ3n) is 6.43. The molecule has 1 amide bonds. The van der Waals surface area contributed by atoms with Gasteiger partial charge in [-0.15, -0.1) is 0 Å². The van der Waals surface area contributed by atoms with E-state index in [0.29, 0.717) is 31.7 Å². The summed E-state index contributed by atoms with van der Waals surface area (Å²) in [5, 5.41) is 0.983. The number of hydrogen-bond donors (Lipinski definition) is 0. The van der Waals surface area contributed by atoms with Gasteiger partial charge in [-0.05, 0) is 54.4 Å². The van der Waals surface area contributed by atoms with Crippen molar-refractivity contribution in [1.82, 2.24) is 14.2 Å². The van der Waals surface area contributed by atoms with Crippen molar-refractivity contribution in [1.29, 1.82) is 0 Å². The molecule has 5 rings (SSSR count). The molecule has 3 aromatic carbocycles. The second-order valence-electron chi connectivity index (χ2n) is 9.02. The zero-order chi connectivity index (χ0) is 25.3. The van der Waals surface area contributed by atoms with Gasteiger partial charge in [0.15, 0.2) is 5.13 Å². The summed E-state index contributed by atoms with van der Waals surface area (Å²) >= 11 is 1.68. The third-order valence-corrected chi connectivity index (χ3v) is 9.32. The minimum absolute atomic E-state index is 0.0869. The van der Waals surface area contributed by atoms with E-state index in [0.717, 1.165) is 16.2 Å². The zero-order valence-electron chi connectivity index (χ0n) is 20.3. The van der Waals surface area contributed by atoms with Gasteiger partial charge in [-0.25, -0.2) is 13.4 Å². The molecule has 0 aliphatic carbocycles. The number of aryl methyl sites for hydroxylation is 1. The highest BCUT2D eigenvalue weighted by Gasteiger charge is 2.25. The van der Waals surface area contributed by atoms with Crippen molar-refractivity contribution in [2.24, 2.45) is 0 Å². The number of thiazole rings is 1. The van der Waals surface area contributed by atoms with Gasteiger partial charge in [0.25, 0.3) is 5.91 Å². The number of aromatic nitrogens is 1. The molecule has 0 bridgehead atoms. The average Bonchev–Trinajstić information content (AvgIpc) is 3.32. The van der Waals surface area contributed by atoms with Gasteiger partial charge in [-0.2, -0.15) is 4.31 Å². The number of benzene rings is 3. The summed E-state index contributed by atoms with van der Waals surface area (Å²) < 4.78 is 28.5. The lowest BCUT2D eigenvalue weighted by atomic mass is 10.2. The molecule has 1 aliphatic rings. The van der Waals surface area contributed by atoms with Crippen molar-refractivity contribution in [2.45, 2.75) is 18.4 Å². The summed E-state index contributed by atoms with van der Waals surface area (Å²) in [5.41, 5.74) is 3.62. The van der Waals surface area contributed by atoms with Crippen LogP contribution in [0.2, 0.25) is 0 Å². The Kier molecular flexibility index (Phi) is 6.79. The maximum atomic E-state index is 13.1. The predicted molar refractivity (Wildman–Crippen MR) is 144 cm³/mol. The van der Waals surface area contributed by atoms with Crippen molar-refractivity contribution in [3.63, 3.8) is 0 Å². The number of carbonyl (C=O) groups is 1. The molecule has 4 aromatic rings. The van der Waals surface area contributed by atoms with Crippen LogP contribution in [0.5, 0.6) is 0 Å². The van der Waals surface area contributed by atoms with Crippen LogP contribution in [0.4, 0.5) is 5.13 Å². The molecule has 36 heavy (non-hydrogen) atoms. The lowest BCUT2D eigenvalue weighted by Gasteiger charge is -2.34. The molecule has 0 atom stereocenters. The Labute approximate surface area is 215 Å². The van der Waals surface area contributed by atoms with Crippen LogP contribution in [-0.2, 0) is 16.6 Å². The number of fused-ring (bicyclic) bond motifs is 1. The highest BCUT2D eigenvalue weighted by atomic mass is 32.2. The first-order chi connectivity index (χ1) is 17.3. The number of anilines is 1. The van der Waals surface area contributed by atoms with Crippen LogP contribution in [0.3, 0.4) is 0 Å². The Hall–Kier alpha value is -3.27. The highest BCUT2D eigenvalue weighted by Crippen LogP contribution is 2.30. The molecule has 1 aromatic heterocycles. The van der Waals surface area contributed by atoms with Crippen LogP contribution in [0.1, 0.15) is 21.5 Å². The Morgan fingerprint density at radius 1 is 0.972 bits per heavy atom. The number of hydrogen-bond acceptors (Lipinski definition) is 6. The third kappa shape index (κ3) is 5.00. The first kappa shape index (κ1) is 24.4. The summed E-state index contributed by atoms with van der Waals surface area (Å²) in [6.45, 7) is 4.96. The summed E-state index contributed by atoms with van der Waals surface area (Å²) in [6, 6.07) is 22.0. The first-order valence-electron chi connectivity index (χ1n) is 11.8. The number of carbonyl (C=O) groups excluding carboxylic acids is 1. The van der Waals surface area contributed by atoms with E-state index in [1.165, 1.54) is 26.7 Å². The fourth-order valence-electron chi connectivity index (χ4n) is 4.31. The number of rotatable bonds is 6. The first-order valence-corrected chi connectivity index (χ1v) is 14.1. The van der Waals surface area contributed by atoms with Crippen LogP contribution in [0.15, 0.2) is 77.7 Å². The van der Waals surface area contributed by atoms with Crippen molar-refractivity contribution >= 4 is 42.6 Å². The summed E-state index contributed by atoms with van der Waals surface area (Å²) in [5.74, 6) is -0.0869. The SMILES string of the molecule is Cc1ccc2nc(N3CCN(C(=O)c4ccc(S(=O)(=O)N(C)Cc5ccccc5)cc4)CC3)sc2c1. The summed E-state index contributed by atoms with van der Waals surface area (Å²) in [7, 11) is -2.10. The van der Waals surface area contributed by atoms with E-state index in [2.05, 4.69) is 24.0 Å². The van der Waals surface area contributed by atoms with Crippen LogP contribution in [0.25, 0.3) is 10.2 Å². The monoisotopic (exact) mass is 520 g/mol. The van der Waals surface area contributed by atoms with Gasteiger partial charge in [0.1, 0.15) is 0 Å². The molecule has 0 spiro atoms. The van der Waals surface area contributed by atoms with Gasteiger partial charge in [0.05, 0.1) is 15.1 Å². The smallest absolute Gasteiger partial charge is 0.253 e. The van der Waals surface area contributed by atoms with Gasteiger partial charge in [-0.1, -0.05) is 47.7 Å². The van der Waals surface area contributed by atoms with E-state index in [1.54, 1.807) is 30.5 Å². The predicted octanol–water partition coefficient (Wildman–Crippen LogP) is 4.39. The normalized spacial score (nSPS) is 14.5. The Morgan fingerprint density at radius 2 is 1.67 bits per heavy atom. The molecule has 0 radical (unpaired) electrons. The molecule has 0 N–H and O–H groups in total. The highest BCUT2D eigenvalue weighted by molar-refractivity contribution is 7.89. The Morgan fingerprint density at radius 3 is 2.36 bits per heavy atom. The Bertz CT molecular complexity index is 1480. The van der Waals surface area contributed by atoms with Crippen molar-refractivity contribution in [3.05, 3.63) is 89.5 Å². The van der Waals surface area contributed by atoms with Crippen molar-refractivity contribution in [3.8, 4) is 0 Å². The van der Waals surface area contributed by atoms with E-state index in [9.17, 15) is 13.2 Å². The molecule has 186 valence electrons. The lowest BCUT2D eigenvalue weighted by molar-refractivity contribution is 0.0746. The molecule has 0 unspecified atom stereocenters. The molecule has 9 heteroatoms. The van der Waals surface area contributed by atoms with E-state index in [1.807, 2.05) is 41.3 Å². The van der Waals surface area contributed by atoms with Crippen LogP contribution in [0, 0.1) is 6.92 Å². The molecular weight excluding hydrogens is 492 g/mol.